The Morgan fingerprint density at radius 3 is 2.26 bits per heavy atom. The molecule has 1 amide bonds. The first-order valence-electron chi connectivity index (χ1n) is 7.58. The Morgan fingerprint density at radius 1 is 1.09 bits per heavy atom. The van der Waals surface area contributed by atoms with E-state index in [1.54, 1.807) is 30.5 Å². The van der Waals surface area contributed by atoms with Gasteiger partial charge in [0.15, 0.2) is 0 Å². The molecule has 2 aromatic carbocycles. The van der Waals surface area contributed by atoms with Gasteiger partial charge in [-0.15, -0.1) is 0 Å². The molecule has 0 saturated heterocycles. The molecule has 1 N–H and O–H groups in total. The smallest absolute Gasteiger partial charge is 0.271 e. The molecule has 0 bridgehead atoms. The maximum absolute atomic E-state index is 11.9. The van der Waals surface area contributed by atoms with Crippen LogP contribution in [0.25, 0.3) is 0 Å². The average molecular weight is 330 g/mol. The van der Waals surface area contributed by atoms with Crippen LogP contribution in [0, 0.1) is 0 Å². The first-order valence-corrected chi connectivity index (χ1v) is 7.95. The van der Waals surface area contributed by atoms with E-state index in [1.165, 1.54) is 5.69 Å². The van der Waals surface area contributed by atoms with Crippen LogP contribution in [-0.4, -0.2) is 25.2 Å². The lowest BCUT2D eigenvalue weighted by Gasteiger charge is -2.20. The van der Waals surface area contributed by atoms with Crippen LogP contribution in [0.1, 0.15) is 29.8 Å². The fourth-order valence-corrected chi connectivity index (χ4v) is 2.32. The number of nitrogens with zero attached hydrogens (tertiary/aromatic N) is 2. The van der Waals surface area contributed by atoms with E-state index in [-0.39, 0.29) is 5.91 Å². The molecular formula is C18H20ClN3O. The summed E-state index contributed by atoms with van der Waals surface area (Å²) >= 11 is 5.79. The molecule has 0 heterocycles. The number of hydrogen-bond donors (Lipinski definition) is 1. The van der Waals surface area contributed by atoms with Crippen molar-refractivity contribution in [3.05, 3.63) is 64.7 Å². The van der Waals surface area contributed by atoms with Gasteiger partial charge in [0.2, 0.25) is 0 Å². The molecule has 0 unspecified atom stereocenters. The van der Waals surface area contributed by atoms with E-state index in [9.17, 15) is 4.79 Å². The molecule has 23 heavy (non-hydrogen) atoms. The zero-order valence-corrected chi connectivity index (χ0v) is 14.0. The standard InChI is InChI=1S/C18H20ClN3O/c1-3-22(4-2)17-11-5-14(6-12-17)13-20-21-18(23)15-7-9-16(19)10-8-15/h5-13H,3-4H2,1-2H3,(H,21,23)/b20-13+. The second kappa shape index (κ2) is 8.34. The van der Waals surface area contributed by atoms with Gasteiger partial charge in [-0.25, -0.2) is 5.43 Å². The van der Waals surface area contributed by atoms with Gasteiger partial charge >= 0.3 is 0 Å². The van der Waals surface area contributed by atoms with Gasteiger partial charge in [0, 0.05) is 29.4 Å². The molecule has 0 atom stereocenters. The molecule has 0 fully saturated rings. The van der Waals surface area contributed by atoms with Crippen LogP contribution >= 0.6 is 11.6 Å². The van der Waals surface area contributed by atoms with Gasteiger partial charge in [0.05, 0.1) is 6.21 Å². The van der Waals surface area contributed by atoms with E-state index >= 15 is 0 Å². The highest BCUT2D eigenvalue weighted by Gasteiger charge is 2.03. The lowest BCUT2D eigenvalue weighted by atomic mass is 10.2. The summed E-state index contributed by atoms with van der Waals surface area (Å²) in [7, 11) is 0. The molecular weight excluding hydrogens is 310 g/mol. The van der Waals surface area contributed by atoms with Crippen LogP contribution in [0.5, 0.6) is 0 Å². The number of benzene rings is 2. The highest BCUT2D eigenvalue weighted by Crippen LogP contribution is 2.14. The lowest BCUT2D eigenvalue weighted by Crippen LogP contribution is -2.21. The number of halogens is 1. The topological polar surface area (TPSA) is 44.7 Å². The Bertz CT molecular complexity index is 662. The number of carbonyl (C=O) groups is 1. The maximum atomic E-state index is 11.9. The van der Waals surface area contributed by atoms with Crippen molar-refractivity contribution in [3.8, 4) is 0 Å². The maximum Gasteiger partial charge on any atom is 0.271 e. The SMILES string of the molecule is CCN(CC)c1ccc(/C=N/NC(=O)c2ccc(Cl)cc2)cc1. The molecule has 0 aromatic heterocycles. The van der Waals surface area contributed by atoms with Crippen molar-refractivity contribution in [2.75, 3.05) is 18.0 Å². The molecule has 0 aliphatic rings. The fraction of sp³-hybridized carbons (Fsp3) is 0.222. The Kier molecular flexibility index (Phi) is 6.18. The zero-order valence-electron chi connectivity index (χ0n) is 13.3. The summed E-state index contributed by atoms with van der Waals surface area (Å²) in [6.07, 6.45) is 1.62. The predicted molar refractivity (Wildman–Crippen MR) is 96.5 cm³/mol. The molecule has 4 nitrogen and oxygen atoms in total. The molecule has 2 rings (SSSR count). The van der Waals surface area contributed by atoms with Gasteiger partial charge in [-0.3, -0.25) is 4.79 Å². The number of amides is 1. The first kappa shape index (κ1) is 17.0. The third-order valence-electron chi connectivity index (χ3n) is 3.51. The number of hydrazone groups is 1. The minimum absolute atomic E-state index is 0.266. The number of rotatable bonds is 6. The minimum atomic E-state index is -0.266. The number of hydrogen-bond acceptors (Lipinski definition) is 3. The van der Waals surface area contributed by atoms with E-state index < -0.39 is 0 Å². The largest absolute Gasteiger partial charge is 0.372 e. The van der Waals surface area contributed by atoms with Gasteiger partial charge in [-0.2, -0.15) is 5.10 Å². The van der Waals surface area contributed by atoms with E-state index in [0.717, 1.165) is 18.7 Å². The molecule has 2 aromatic rings. The Morgan fingerprint density at radius 2 is 1.70 bits per heavy atom. The van der Waals surface area contributed by atoms with E-state index in [2.05, 4.69) is 41.4 Å². The Balaban J connectivity index is 1.95. The molecule has 120 valence electrons. The van der Waals surface area contributed by atoms with E-state index in [1.807, 2.05) is 12.1 Å². The summed E-state index contributed by atoms with van der Waals surface area (Å²) in [4.78, 5) is 14.2. The van der Waals surface area contributed by atoms with Gasteiger partial charge in [0.1, 0.15) is 0 Å². The van der Waals surface area contributed by atoms with Crippen molar-refractivity contribution in [2.24, 2.45) is 5.10 Å². The summed E-state index contributed by atoms with van der Waals surface area (Å²) in [5, 5.41) is 4.58. The Labute approximate surface area is 141 Å². The highest BCUT2D eigenvalue weighted by molar-refractivity contribution is 6.30. The molecule has 0 spiro atoms. The molecule has 0 aliphatic carbocycles. The van der Waals surface area contributed by atoms with Crippen LogP contribution in [0.15, 0.2) is 53.6 Å². The van der Waals surface area contributed by atoms with Crippen LogP contribution in [-0.2, 0) is 0 Å². The summed E-state index contributed by atoms with van der Waals surface area (Å²) in [5.74, 6) is -0.266. The van der Waals surface area contributed by atoms with Gasteiger partial charge in [0.25, 0.3) is 5.91 Å². The molecule has 0 radical (unpaired) electrons. The second-order valence-corrected chi connectivity index (χ2v) is 5.41. The predicted octanol–water partition coefficient (Wildman–Crippen LogP) is 3.95. The van der Waals surface area contributed by atoms with Crippen LogP contribution in [0.3, 0.4) is 0 Å². The summed E-state index contributed by atoms with van der Waals surface area (Å²) in [5.41, 5.74) is 5.13. The fourth-order valence-electron chi connectivity index (χ4n) is 2.19. The quantitative estimate of drug-likeness (QED) is 0.644. The summed E-state index contributed by atoms with van der Waals surface area (Å²) in [6.45, 7) is 6.21. The highest BCUT2D eigenvalue weighted by atomic mass is 35.5. The minimum Gasteiger partial charge on any atom is -0.372 e. The Hall–Kier alpha value is -2.33. The molecule has 0 aliphatic heterocycles. The van der Waals surface area contributed by atoms with Gasteiger partial charge in [-0.05, 0) is 55.8 Å². The van der Waals surface area contributed by atoms with E-state index in [0.29, 0.717) is 10.6 Å². The first-order chi connectivity index (χ1) is 11.1. The van der Waals surface area contributed by atoms with Crippen LogP contribution < -0.4 is 10.3 Å². The number of nitrogens with one attached hydrogen (secondary N) is 1. The molecule has 0 saturated carbocycles. The molecule has 5 heteroatoms. The number of anilines is 1. The normalized spacial score (nSPS) is 10.7. The monoisotopic (exact) mass is 329 g/mol. The van der Waals surface area contributed by atoms with Crippen molar-refractivity contribution in [3.63, 3.8) is 0 Å². The second-order valence-electron chi connectivity index (χ2n) is 4.97. The van der Waals surface area contributed by atoms with Crippen molar-refractivity contribution in [1.82, 2.24) is 5.43 Å². The summed E-state index contributed by atoms with van der Waals surface area (Å²) in [6, 6.07) is 14.7. The van der Waals surface area contributed by atoms with Crippen molar-refractivity contribution >= 4 is 29.4 Å². The number of carbonyl (C=O) groups excluding carboxylic acids is 1. The average Bonchev–Trinajstić information content (AvgIpc) is 2.58. The van der Waals surface area contributed by atoms with Crippen LogP contribution in [0.4, 0.5) is 5.69 Å². The van der Waals surface area contributed by atoms with Crippen molar-refractivity contribution in [2.45, 2.75) is 13.8 Å². The third-order valence-corrected chi connectivity index (χ3v) is 3.76. The summed E-state index contributed by atoms with van der Waals surface area (Å²) < 4.78 is 0. The van der Waals surface area contributed by atoms with Gasteiger partial charge < -0.3 is 4.90 Å². The van der Waals surface area contributed by atoms with Crippen molar-refractivity contribution in [1.29, 1.82) is 0 Å². The zero-order chi connectivity index (χ0) is 16.7. The lowest BCUT2D eigenvalue weighted by molar-refractivity contribution is 0.0955. The van der Waals surface area contributed by atoms with Gasteiger partial charge in [-0.1, -0.05) is 23.7 Å². The van der Waals surface area contributed by atoms with Crippen LogP contribution in [0.2, 0.25) is 5.02 Å². The third kappa shape index (κ3) is 4.83. The van der Waals surface area contributed by atoms with Crippen molar-refractivity contribution < 1.29 is 4.79 Å². The van der Waals surface area contributed by atoms with E-state index in [4.69, 9.17) is 11.6 Å².